The molecule has 0 bridgehead atoms. The van der Waals surface area contributed by atoms with Crippen LogP contribution in [-0.4, -0.2) is 7.12 Å². The van der Waals surface area contributed by atoms with Crippen molar-refractivity contribution in [3.8, 4) is 0 Å². The summed E-state index contributed by atoms with van der Waals surface area (Å²) in [5.74, 6) is 0. The third-order valence-corrected chi connectivity index (χ3v) is 2.29. The number of rotatable bonds is 1. The van der Waals surface area contributed by atoms with Crippen LogP contribution in [0.5, 0.6) is 0 Å². The standard InChI is InChI=1S/C6H5BO2.2C5H5N/c8-7(9)6-4-2-1-3-5-6;2*1-2-4-6-5-3-1/h1-5H;2*1-5H/q-2;;/p+2. The molecule has 1 aromatic carbocycles. The minimum atomic E-state index is -1.84. The lowest BCUT2D eigenvalue weighted by Crippen LogP contribution is -2.54. The van der Waals surface area contributed by atoms with E-state index < -0.39 is 7.12 Å². The monoisotopic (exact) mass is 280 g/mol. The second kappa shape index (κ2) is 11.3. The maximum absolute atomic E-state index is 10.2. The summed E-state index contributed by atoms with van der Waals surface area (Å²) >= 11 is 0. The first-order chi connectivity index (χ1) is 10.3. The molecule has 2 heterocycles. The predicted molar refractivity (Wildman–Crippen MR) is 77.8 cm³/mol. The molecule has 2 aromatic heterocycles. The first kappa shape index (κ1) is 16.6. The lowest BCUT2D eigenvalue weighted by Gasteiger charge is -2.26. The maximum atomic E-state index is 10.2. The quantitative estimate of drug-likeness (QED) is 0.542. The van der Waals surface area contributed by atoms with Gasteiger partial charge in [-0.15, -0.1) is 5.46 Å². The zero-order valence-corrected chi connectivity index (χ0v) is 11.6. The summed E-state index contributed by atoms with van der Waals surface area (Å²) < 4.78 is 0. The first-order valence-corrected chi connectivity index (χ1v) is 6.49. The van der Waals surface area contributed by atoms with Gasteiger partial charge in [-0.2, -0.15) is 0 Å². The van der Waals surface area contributed by atoms with Crippen LogP contribution in [0.4, 0.5) is 0 Å². The molecule has 0 spiro atoms. The van der Waals surface area contributed by atoms with Crippen LogP contribution in [0.2, 0.25) is 0 Å². The molecule has 0 aliphatic heterocycles. The maximum Gasteiger partial charge on any atom is 0.166 e. The molecule has 0 aliphatic carbocycles. The highest BCUT2D eigenvalue weighted by molar-refractivity contribution is 6.55. The van der Waals surface area contributed by atoms with Gasteiger partial charge in [0, 0.05) is 24.3 Å². The van der Waals surface area contributed by atoms with Crippen molar-refractivity contribution in [1.29, 1.82) is 0 Å². The Hall–Kier alpha value is -2.50. The SMILES string of the molecule is [O-]B([O-])c1ccccc1.c1cc[nH+]cc1.c1cc[nH+]cc1. The first-order valence-electron chi connectivity index (χ1n) is 6.49. The predicted octanol–water partition coefficient (Wildman–Crippen LogP) is -0.896. The molecule has 0 atom stereocenters. The van der Waals surface area contributed by atoms with E-state index in [9.17, 15) is 10.0 Å². The Morgan fingerprint density at radius 1 is 0.571 bits per heavy atom. The number of aromatic nitrogens is 2. The summed E-state index contributed by atoms with van der Waals surface area (Å²) in [5, 5.41) is 20.3. The number of aromatic amines is 2. The molecule has 0 aliphatic rings. The van der Waals surface area contributed by atoms with Crippen molar-refractivity contribution in [2.45, 2.75) is 0 Å². The molecular formula is C16H17BN2O2. The molecular weight excluding hydrogens is 263 g/mol. The highest BCUT2D eigenvalue weighted by Gasteiger charge is 1.80. The van der Waals surface area contributed by atoms with Crippen molar-refractivity contribution in [3.05, 3.63) is 91.5 Å². The number of nitrogens with one attached hydrogen (secondary N) is 2. The zero-order valence-electron chi connectivity index (χ0n) is 11.6. The molecule has 0 amide bonds. The van der Waals surface area contributed by atoms with E-state index in [2.05, 4.69) is 9.97 Å². The van der Waals surface area contributed by atoms with Gasteiger partial charge in [0.15, 0.2) is 24.8 Å². The molecule has 21 heavy (non-hydrogen) atoms. The minimum Gasteiger partial charge on any atom is -0.889 e. The van der Waals surface area contributed by atoms with Crippen LogP contribution < -0.4 is 25.5 Å². The number of hydrogen-bond acceptors (Lipinski definition) is 2. The van der Waals surface area contributed by atoms with Crippen molar-refractivity contribution in [1.82, 2.24) is 0 Å². The van der Waals surface area contributed by atoms with Gasteiger partial charge in [0.2, 0.25) is 0 Å². The molecule has 3 rings (SSSR count). The molecule has 3 aromatic rings. The molecule has 106 valence electrons. The Labute approximate surface area is 124 Å². The van der Waals surface area contributed by atoms with Crippen LogP contribution in [0, 0.1) is 0 Å². The summed E-state index contributed by atoms with van der Waals surface area (Å²) in [7, 11) is -1.84. The van der Waals surface area contributed by atoms with Gasteiger partial charge in [-0.3, -0.25) is 0 Å². The summed E-state index contributed by atoms with van der Waals surface area (Å²) in [6.45, 7) is 0. The van der Waals surface area contributed by atoms with E-state index in [0.717, 1.165) is 0 Å². The molecule has 0 unspecified atom stereocenters. The van der Waals surface area contributed by atoms with Crippen LogP contribution in [-0.2, 0) is 0 Å². The lowest BCUT2D eigenvalue weighted by atomic mass is 9.81. The van der Waals surface area contributed by atoms with Crippen molar-refractivity contribution in [2.24, 2.45) is 0 Å². The van der Waals surface area contributed by atoms with Crippen molar-refractivity contribution >= 4 is 12.6 Å². The highest BCUT2D eigenvalue weighted by atomic mass is 16.4. The van der Waals surface area contributed by atoms with E-state index in [-0.39, 0.29) is 0 Å². The van der Waals surface area contributed by atoms with E-state index in [4.69, 9.17) is 0 Å². The molecule has 2 N–H and O–H groups in total. The Bertz CT molecular complexity index is 466. The van der Waals surface area contributed by atoms with Gasteiger partial charge < -0.3 is 10.0 Å². The van der Waals surface area contributed by atoms with Crippen LogP contribution in [0.3, 0.4) is 0 Å². The van der Waals surface area contributed by atoms with E-state index >= 15 is 0 Å². The summed E-state index contributed by atoms with van der Waals surface area (Å²) in [4.78, 5) is 5.78. The Kier molecular flexibility index (Phi) is 8.94. The molecule has 0 saturated carbocycles. The molecule has 0 radical (unpaired) electrons. The average Bonchev–Trinajstić information content (AvgIpc) is 2.60. The van der Waals surface area contributed by atoms with E-state index in [1.54, 1.807) is 18.2 Å². The highest BCUT2D eigenvalue weighted by Crippen LogP contribution is 1.79. The van der Waals surface area contributed by atoms with Crippen molar-refractivity contribution < 1.29 is 20.0 Å². The Balaban J connectivity index is 0.000000163. The minimum absolute atomic E-state index is 0.303. The number of pyridine rings is 2. The number of hydrogen-bond donors (Lipinski definition) is 0. The molecule has 4 nitrogen and oxygen atoms in total. The summed E-state index contributed by atoms with van der Waals surface area (Å²) in [5.41, 5.74) is 0.303. The van der Waals surface area contributed by atoms with Gasteiger partial charge in [-0.1, -0.05) is 49.6 Å². The lowest BCUT2D eigenvalue weighted by molar-refractivity contribution is -0.378. The topological polar surface area (TPSA) is 74.4 Å². The average molecular weight is 280 g/mol. The smallest absolute Gasteiger partial charge is 0.166 e. The fourth-order valence-electron chi connectivity index (χ4n) is 1.29. The van der Waals surface area contributed by atoms with E-state index in [0.29, 0.717) is 5.46 Å². The Morgan fingerprint density at radius 3 is 1.14 bits per heavy atom. The van der Waals surface area contributed by atoms with Crippen molar-refractivity contribution in [3.63, 3.8) is 0 Å². The summed E-state index contributed by atoms with van der Waals surface area (Å²) in [6, 6.07) is 19.9. The second-order valence-electron chi connectivity index (χ2n) is 3.90. The van der Waals surface area contributed by atoms with Gasteiger partial charge in [0.1, 0.15) is 0 Å². The van der Waals surface area contributed by atoms with Gasteiger partial charge in [0.25, 0.3) is 0 Å². The number of benzene rings is 1. The van der Waals surface area contributed by atoms with Gasteiger partial charge in [-0.25, -0.2) is 9.97 Å². The van der Waals surface area contributed by atoms with Gasteiger partial charge >= 0.3 is 0 Å². The third-order valence-electron chi connectivity index (χ3n) is 2.29. The number of H-pyrrole nitrogens is 2. The van der Waals surface area contributed by atoms with Crippen LogP contribution >= 0.6 is 0 Å². The van der Waals surface area contributed by atoms with Crippen LogP contribution in [0.1, 0.15) is 0 Å². The van der Waals surface area contributed by atoms with E-state index in [1.807, 2.05) is 61.2 Å². The normalized spacial score (nSPS) is 8.48. The van der Waals surface area contributed by atoms with Gasteiger partial charge in [0.05, 0.1) is 0 Å². The van der Waals surface area contributed by atoms with Crippen LogP contribution in [0.25, 0.3) is 0 Å². The van der Waals surface area contributed by atoms with E-state index in [1.165, 1.54) is 12.1 Å². The fraction of sp³-hybridized carbons (Fsp3) is 0. The molecule has 0 fully saturated rings. The van der Waals surface area contributed by atoms with Gasteiger partial charge in [-0.05, 0) is 0 Å². The van der Waals surface area contributed by atoms with Crippen LogP contribution in [0.15, 0.2) is 91.5 Å². The zero-order chi connectivity index (χ0) is 15.2. The third kappa shape index (κ3) is 9.10. The second-order valence-corrected chi connectivity index (χ2v) is 3.90. The fourth-order valence-corrected chi connectivity index (χ4v) is 1.29. The van der Waals surface area contributed by atoms with Crippen molar-refractivity contribution in [2.75, 3.05) is 0 Å². The molecule has 0 saturated heterocycles. The molecule has 5 heteroatoms. The summed E-state index contributed by atoms with van der Waals surface area (Å²) in [6.07, 6.45) is 7.50. The Morgan fingerprint density at radius 2 is 0.952 bits per heavy atom. The largest absolute Gasteiger partial charge is 0.889 e.